The zero-order chi connectivity index (χ0) is 14.3. The van der Waals surface area contributed by atoms with Crippen molar-refractivity contribution in [3.8, 4) is 5.75 Å². The summed E-state index contributed by atoms with van der Waals surface area (Å²) in [7, 11) is 3.07. The highest BCUT2D eigenvalue weighted by atomic mass is 79.9. The summed E-state index contributed by atoms with van der Waals surface area (Å²) < 4.78 is 12.9. The Kier molecular flexibility index (Phi) is 3.41. The number of nitrogens with zero attached hydrogens (tertiary/aromatic N) is 2. The number of carbonyl (C=O) groups excluding carboxylic acids is 1. The molecule has 0 N–H and O–H groups in total. The molecule has 1 saturated carbocycles. The third-order valence-corrected chi connectivity index (χ3v) is 4.44. The van der Waals surface area contributed by atoms with E-state index in [1.165, 1.54) is 7.11 Å². The van der Waals surface area contributed by atoms with E-state index in [4.69, 9.17) is 9.47 Å². The topological polar surface area (TPSA) is 53.4 Å². The molecule has 6 heteroatoms. The molecule has 3 rings (SSSR count). The van der Waals surface area contributed by atoms with Crippen molar-refractivity contribution in [1.29, 1.82) is 0 Å². The first-order valence-electron chi connectivity index (χ1n) is 6.42. The fraction of sp³-hybridized carbons (Fsp3) is 0.429. The molecular formula is C14H15BrN2O3. The largest absolute Gasteiger partial charge is 0.495 e. The predicted molar refractivity (Wildman–Crippen MR) is 77.8 cm³/mol. The molecule has 0 atom stereocenters. The number of halogens is 1. The van der Waals surface area contributed by atoms with Gasteiger partial charge < -0.3 is 9.47 Å². The van der Waals surface area contributed by atoms with Crippen LogP contribution in [0.3, 0.4) is 0 Å². The lowest BCUT2D eigenvalue weighted by Gasteiger charge is -2.33. The Bertz CT molecular complexity index is 662. The molecule has 1 aliphatic carbocycles. The molecule has 0 aliphatic heterocycles. The van der Waals surface area contributed by atoms with Crippen molar-refractivity contribution in [2.24, 2.45) is 5.92 Å². The molecule has 1 aromatic heterocycles. The third kappa shape index (κ3) is 2.18. The number of hydrogen-bond acceptors (Lipinski definition) is 4. The molecule has 0 saturated heterocycles. The Labute approximate surface area is 125 Å². The second-order valence-corrected chi connectivity index (χ2v) is 5.85. The maximum Gasteiger partial charge on any atom is 0.308 e. The maximum atomic E-state index is 11.4. The predicted octanol–water partition coefficient (Wildman–Crippen LogP) is 2.93. The number of ether oxygens (including phenoxy) is 2. The second kappa shape index (κ2) is 5.09. The highest BCUT2D eigenvalue weighted by Gasteiger charge is 2.36. The van der Waals surface area contributed by atoms with Gasteiger partial charge in [-0.1, -0.05) is 0 Å². The molecule has 0 amide bonds. The Balaban J connectivity index is 1.82. The summed E-state index contributed by atoms with van der Waals surface area (Å²) in [5.74, 6) is 0.657. The van der Waals surface area contributed by atoms with Gasteiger partial charge in [-0.3, -0.25) is 9.48 Å². The van der Waals surface area contributed by atoms with Gasteiger partial charge in [0.1, 0.15) is 5.75 Å². The standard InChI is InChI=1S/C14H15BrN2O3/c1-19-13-6-12-9(5-11(13)15)7-17(16-12)10-3-8(4-10)14(18)20-2/h5-8,10H,3-4H2,1-2H3/t8-,10-. The molecule has 1 aromatic carbocycles. The molecule has 0 bridgehead atoms. The lowest BCUT2D eigenvalue weighted by molar-refractivity contribution is -0.149. The number of hydrogen-bond donors (Lipinski definition) is 0. The van der Waals surface area contributed by atoms with E-state index in [0.717, 1.165) is 34.0 Å². The first kappa shape index (κ1) is 13.4. The van der Waals surface area contributed by atoms with Gasteiger partial charge in [-0.2, -0.15) is 5.10 Å². The summed E-state index contributed by atoms with van der Waals surface area (Å²) in [6.45, 7) is 0. The van der Waals surface area contributed by atoms with Gasteiger partial charge in [0.15, 0.2) is 0 Å². The summed E-state index contributed by atoms with van der Waals surface area (Å²) in [5.41, 5.74) is 0.895. The molecule has 1 heterocycles. The SMILES string of the molecule is COc1cc2nn([C@H]3C[C@H](C(=O)OC)C3)cc2cc1Br. The van der Waals surface area contributed by atoms with Crippen molar-refractivity contribution < 1.29 is 14.3 Å². The zero-order valence-electron chi connectivity index (χ0n) is 11.3. The lowest BCUT2D eigenvalue weighted by Crippen LogP contribution is -2.33. The van der Waals surface area contributed by atoms with Crippen LogP contribution in [0.25, 0.3) is 10.9 Å². The van der Waals surface area contributed by atoms with Crippen LogP contribution in [0.2, 0.25) is 0 Å². The number of fused-ring (bicyclic) bond motifs is 1. The highest BCUT2D eigenvalue weighted by Crippen LogP contribution is 2.39. The molecule has 1 aliphatic rings. The lowest BCUT2D eigenvalue weighted by atomic mass is 9.80. The number of methoxy groups -OCH3 is 2. The smallest absolute Gasteiger partial charge is 0.308 e. The van der Waals surface area contributed by atoms with Crippen molar-refractivity contribution >= 4 is 32.8 Å². The average molecular weight is 339 g/mol. The molecule has 1 fully saturated rings. The van der Waals surface area contributed by atoms with E-state index >= 15 is 0 Å². The Morgan fingerprint density at radius 3 is 2.80 bits per heavy atom. The molecule has 20 heavy (non-hydrogen) atoms. The Morgan fingerprint density at radius 1 is 1.40 bits per heavy atom. The molecule has 2 aromatic rings. The number of aromatic nitrogens is 2. The first-order valence-corrected chi connectivity index (χ1v) is 7.22. The summed E-state index contributed by atoms with van der Waals surface area (Å²) in [5, 5.41) is 5.62. The van der Waals surface area contributed by atoms with E-state index in [2.05, 4.69) is 21.0 Å². The maximum absolute atomic E-state index is 11.4. The van der Waals surface area contributed by atoms with Crippen LogP contribution in [0, 0.1) is 5.92 Å². The van der Waals surface area contributed by atoms with Gasteiger partial charge in [0.2, 0.25) is 0 Å². The summed E-state index contributed by atoms with van der Waals surface area (Å²) >= 11 is 3.47. The van der Waals surface area contributed by atoms with Crippen molar-refractivity contribution in [1.82, 2.24) is 9.78 Å². The van der Waals surface area contributed by atoms with Crippen molar-refractivity contribution in [2.75, 3.05) is 14.2 Å². The summed E-state index contributed by atoms with van der Waals surface area (Å²) in [4.78, 5) is 11.4. The average Bonchev–Trinajstić information content (AvgIpc) is 2.77. The van der Waals surface area contributed by atoms with Crippen LogP contribution < -0.4 is 4.74 Å². The van der Waals surface area contributed by atoms with Gasteiger partial charge in [0, 0.05) is 17.6 Å². The van der Waals surface area contributed by atoms with Crippen LogP contribution in [0.1, 0.15) is 18.9 Å². The Morgan fingerprint density at radius 2 is 2.15 bits per heavy atom. The minimum absolute atomic E-state index is 0.0126. The van der Waals surface area contributed by atoms with Gasteiger partial charge in [-0.05, 0) is 34.8 Å². The van der Waals surface area contributed by atoms with Crippen LogP contribution >= 0.6 is 15.9 Å². The Hall–Kier alpha value is -1.56. The van der Waals surface area contributed by atoms with Crippen LogP contribution in [-0.4, -0.2) is 30.0 Å². The number of rotatable bonds is 3. The minimum atomic E-state index is -0.123. The van der Waals surface area contributed by atoms with Crippen LogP contribution in [0.4, 0.5) is 0 Å². The first-order chi connectivity index (χ1) is 9.62. The van der Waals surface area contributed by atoms with E-state index in [0.29, 0.717) is 0 Å². The fourth-order valence-corrected chi connectivity index (χ4v) is 3.07. The van der Waals surface area contributed by atoms with E-state index in [1.807, 2.05) is 23.0 Å². The molecule has 5 nitrogen and oxygen atoms in total. The van der Waals surface area contributed by atoms with E-state index < -0.39 is 0 Å². The van der Waals surface area contributed by atoms with Gasteiger partial charge in [0.25, 0.3) is 0 Å². The number of esters is 1. The van der Waals surface area contributed by atoms with Gasteiger partial charge in [-0.15, -0.1) is 0 Å². The normalized spacial score (nSPS) is 21.6. The highest BCUT2D eigenvalue weighted by molar-refractivity contribution is 9.10. The van der Waals surface area contributed by atoms with E-state index in [9.17, 15) is 4.79 Å². The molecule has 106 valence electrons. The van der Waals surface area contributed by atoms with Gasteiger partial charge in [-0.25, -0.2) is 0 Å². The van der Waals surface area contributed by atoms with Crippen LogP contribution in [-0.2, 0) is 9.53 Å². The molecule has 0 spiro atoms. The molecule has 0 radical (unpaired) electrons. The minimum Gasteiger partial charge on any atom is -0.495 e. The number of carbonyl (C=O) groups is 1. The summed E-state index contributed by atoms with van der Waals surface area (Å²) in [6, 6.07) is 4.18. The molecular weight excluding hydrogens is 324 g/mol. The van der Waals surface area contributed by atoms with E-state index in [1.54, 1.807) is 7.11 Å². The van der Waals surface area contributed by atoms with Crippen molar-refractivity contribution in [3.63, 3.8) is 0 Å². The quantitative estimate of drug-likeness (QED) is 0.807. The van der Waals surface area contributed by atoms with Crippen molar-refractivity contribution in [2.45, 2.75) is 18.9 Å². The van der Waals surface area contributed by atoms with E-state index in [-0.39, 0.29) is 17.9 Å². The summed E-state index contributed by atoms with van der Waals surface area (Å²) in [6.07, 6.45) is 3.59. The fourth-order valence-electron chi connectivity index (χ4n) is 2.55. The molecule has 0 unspecified atom stereocenters. The second-order valence-electron chi connectivity index (χ2n) is 5.00. The van der Waals surface area contributed by atoms with Gasteiger partial charge in [0.05, 0.1) is 36.2 Å². The van der Waals surface area contributed by atoms with Crippen molar-refractivity contribution in [3.05, 3.63) is 22.8 Å². The zero-order valence-corrected chi connectivity index (χ0v) is 12.9. The van der Waals surface area contributed by atoms with Gasteiger partial charge >= 0.3 is 5.97 Å². The number of benzene rings is 1. The third-order valence-electron chi connectivity index (χ3n) is 3.82. The van der Waals surface area contributed by atoms with Crippen LogP contribution in [0.5, 0.6) is 5.75 Å². The van der Waals surface area contributed by atoms with Crippen LogP contribution in [0.15, 0.2) is 22.8 Å². The monoisotopic (exact) mass is 338 g/mol.